The van der Waals surface area contributed by atoms with Gasteiger partial charge in [-0.05, 0) is 29.3 Å². The van der Waals surface area contributed by atoms with Gasteiger partial charge in [0.25, 0.3) is 0 Å². The Labute approximate surface area is 178 Å². The van der Waals surface area contributed by atoms with Crippen LogP contribution < -0.4 is 9.47 Å². The molecule has 3 aromatic rings. The zero-order valence-corrected chi connectivity index (χ0v) is 15.0. The fourth-order valence-corrected chi connectivity index (χ4v) is 4.04. The summed E-state index contributed by atoms with van der Waals surface area (Å²) in [5.74, 6) is -2.57. The second-order valence-corrected chi connectivity index (χ2v) is 6.93. The van der Waals surface area contributed by atoms with Crippen molar-refractivity contribution in [1.29, 1.82) is 0 Å². The van der Waals surface area contributed by atoms with Crippen molar-refractivity contribution in [2.45, 2.75) is 18.5 Å². The molecule has 1 aromatic heterocycles. The van der Waals surface area contributed by atoms with Gasteiger partial charge in [-0.25, -0.2) is 0 Å². The lowest BCUT2D eigenvalue weighted by molar-refractivity contribution is -0.157. The van der Waals surface area contributed by atoms with Crippen LogP contribution in [0.1, 0.15) is 33.8 Å². The van der Waals surface area contributed by atoms with Crippen molar-refractivity contribution in [2.75, 3.05) is 20.3 Å². The van der Waals surface area contributed by atoms with E-state index in [4.69, 9.17) is 17.7 Å². The first-order valence-electron chi connectivity index (χ1n) is 13.0. The van der Waals surface area contributed by atoms with Crippen LogP contribution >= 0.6 is 0 Å². The number of carbonyl (C=O) groups excluding carboxylic acids is 2. The van der Waals surface area contributed by atoms with E-state index in [1.807, 2.05) is 0 Å². The quantitative estimate of drug-likeness (QED) is 0.683. The predicted octanol–water partition coefficient (Wildman–Crippen LogP) is 2.21. The van der Waals surface area contributed by atoms with Crippen molar-refractivity contribution in [3.8, 4) is 11.5 Å². The van der Waals surface area contributed by atoms with E-state index in [9.17, 15) is 12.3 Å². The molecule has 0 radical (unpaired) electrons. The summed E-state index contributed by atoms with van der Waals surface area (Å²) in [5.41, 5.74) is 0.396. The Morgan fingerprint density at radius 3 is 3.00 bits per heavy atom. The van der Waals surface area contributed by atoms with Gasteiger partial charge in [0.05, 0.1) is 19.4 Å². The number of rotatable bonds is 1. The number of aromatic amines is 1. The van der Waals surface area contributed by atoms with Crippen LogP contribution in [0.3, 0.4) is 0 Å². The predicted molar refractivity (Wildman–Crippen MR) is 105 cm³/mol. The number of H-pyrrole nitrogens is 1. The molecule has 3 aliphatic heterocycles. The average molecular weight is 397 g/mol. The van der Waals surface area contributed by atoms with Gasteiger partial charge < -0.3 is 24.3 Å². The summed E-state index contributed by atoms with van der Waals surface area (Å²) in [6.07, 6.45) is -0.427. The second kappa shape index (κ2) is 5.76. The van der Waals surface area contributed by atoms with Gasteiger partial charge in [0.1, 0.15) is 6.02 Å². The van der Waals surface area contributed by atoms with E-state index in [-0.39, 0.29) is 24.0 Å². The molecule has 2 aromatic carbocycles. The zero-order chi connectivity index (χ0) is 26.7. The van der Waals surface area contributed by atoms with E-state index in [1.165, 1.54) is 0 Å². The maximum Gasteiger partial charge on any atom is 0.245 e. The molecule has 7 heteroatoms. The number of nitrogens with zero attached hydrogens (tertiary/aromatic N) is 2. The van der Waals surface area contributed by atoms with Crippen molar-refractivity contribution in [2.24, 2.45) is 0 Å². The first kappa shape index (κ1) is 10.3. The molecule has 146 valence electrons. The number of likely N-dealkylation sites (N-methyl/N-ethyl adjacent to an activating group) is 1. The van der Waals surface area contributed by atoms with E-state index in [2.05, 4.69) is 4.98 Å². The summed E-state index contributed by atoms with van der Waals surface area (Å²) in [6, 6.07) is 0.0906. The van der Waals surface area contributed by atoms with Gasteiger partial charge in [-0.3, -0.25) is 9.59 Å². The van der Waals surface area contributed by atoms with Crippen LogP contribution in [0.4, 0.5) is 0 Å². The highest BCUT2D eigenvalue weighted by Gasteiger charge is 2.47. The third kappa shape index (κ3) is 2.24. The molecule has 0 spiro atoms. The fourth-order valence-electron chi connectivity index (χ4n) is 4.04. The van der Waals surface area contributed by atoms with Gasteiger partial charge >= 0.3 is 0 Å². The van der Waals surface area contributed by atoms with E-state index in [0.29, 0.717) is 26.3 Å². The van der Waals surface area contributed by atoms with Crippen LogP contribution in [-0.4, -0.2) is 52.9 Å². The van der Waals surface area contributed by atoms with Crippen molar-refractivity contribution in [1.82, 2.24) is 14.8 Å². The molecule has 0 saturated carbocycles. The molecule has 1 fully saturated rings. The van der Waals surface area contributed by atoms with Gasteiger partial charge in [-0.2, -0.15) is 0 Å². The largest absolute Gasteiger partial charge is 0.454 e. The molecule has 4 heterocycles. The molecular weight excluding hydrogens is 370 g/mol. The molecule has 3 aliphatic rings. The number of ether oxygens (including phenoxy) is 2. The van der Waals surface area contributed by atoms with Gasteiger partial charge in [0, 0.05) is 34.1 Å². The maximum atomic E-state index is 13.6. The number of para-hydroxylation sites is 1. The van der Waals surface area contributed by atoms with Gasteiger partial charge in [0.2, 0.25) is 18.6 Å². The van der Waals surface area contributed by atoms with E-state index >= 15 is 0 Å². The number of aromatic nitrogens is 1. The highest BCUT2D eigenvalue weighted by Crippen LogP contribution is 2.44. The molecule has 1 N–H and O–H groups in total. The van der Waals surface area contributed by atoms with Crippen LogP contribution in [0.15, 0.2) is 42.4 Å². The second-order valence-electron chi connectivity index (χ2n) is 6.93. The van der Waals surface area contributed by atoms with Crippen molar-refractivity contribution < 1.29 is 30.0 Å². The summed E-state index contributed by atoms with van der Waals surface area (Å²) in [4.78, 5) is 31.2. The average Bonchev–Trinajstić information content (AvgIpc) is 3.45. The maximum absolute atomic E-state index is 13.6. The summed E-state index contributed by atoms with van der Waals surface area (Å²) in [5, 5.41) is 0.538. The smallest absolute Gasteiger partial charge is 0.245 e. The Morgan fingerprint density at radius 1 is 1.24 bits per heavy atom. The molecular formula is C22H19N3O4. The minimum atomic E-state index is -3.01. The van der Waals surface area contributed by atoms with Crippen LogP contribution in [-0.2, 0) is 16.0 Å². The molecule has 2 amide bonds. The Kier molecular flexibility index (Phi) is 2.05. The molecule has 6 rings (SSSR count). The number of amides is 2. The monoisotopic (exact) mass is 397 g/mol. The lowest BCUT2D eigenvalue weighted by Gasteiger charge is -2.46. The molecule has 1 saturated heterocycles. The van der Waals surface area contributed by atoms with Crippen LogP contribution in [0, 0.1) is 0 Å². The number of piperazine rings is 1. The summed E-state index contributed by atoms with van der Waals surface area (Å²) < 4.78 is 78.7. The van der Waals surface area contributed by atoms with Crippen LogP contribution in [0.25, 0.3) is 10.9 Å². The zero-order valence-electron chi connectivity index (χ0n) is 23.0. The number of nitrogens with one attached hydrogen (secondary N) is 1. The van der Waals surface area contributed by atoms with Gasteiger partial charge in [0.15, 0.2) is 11.5 Å². The lowest BCUT2D eigenvalue weighted by atomic mass is 9.86. The third-order valence-corrected chi connectivity index (χ3v) is 5.31. The number of carbonyl (C=O) groups is 2. The normalized spacial score (nSPS) is 32.3. The SMILES string of the molecule is [2H]c1c([2H])c([C@]2([2H])c3[nH]c4ccccc4c3C[C@]3([2H])C(=O)N(C([2H])([2H])[2H])CC(=O)N23)c([2H])c2c1OCO2. The van der Waals surface area contributed by atoms with E-state index in [1.54, 1.807) is 24.3 Å². The van der Waals surface area contributed by atoms with E-state index in [0.717, 1.165) is 0 Å². The van der Waals surface area contributed by atoms with E-state index < -0.39 is 67.5 Å². The Morgan fingerprint density at radius 2 is 2.10 bits per heavy atom. The summed E-state index contributed by atoms with van der Waals surface area (Å²) in [6.45, 7) is -4.24. The highest BCUT2D eigenvalue weighted by molar-refractivity contribution is 5.97. The lowest BCUT2D eigenvalue weighted by Crippen LogP contribution is -2.62. The molecule has 29 heavy (non-hydrogen) atoms. The molecule has 7 nitrogen and oxygen atoms in total. The molecule has 0 bridgehead atoms. The Bertz CT molecular complexity index is 1540. The Hall–Kier alpha value is -3.48. The van der Waals surface area contributed by atoms with Crippen molar-refractivity contribution in [3.05, 3.63) is 59.2 Å². The number of fused-ring (bicyclic) bond motifs is 5. The van der Waals surface area contributed by atoms with Crippen molar-refractivity contribution in [3.63, 3.8) is 0 Å². The number of benzene rings is 2. The first-order valence-corrected chi connectivity index (χ1v) is 8.97. The standard InChI is InChI=1S/C22H19N3O4/c1-24-10-19(26)25-16(22(24)27)9-14-13-4-2-3-5-15(13)23-20(14)21(25)12-6-7-17-18(8-12)29-11-28-17/h2-8,16,21,23H,9-11H2,1H3/t16-,21-/m1/s1/i1D3,6D,7D,8D,16D,21D. The molecule has 2 atom stereocenters. The fraction of sp³-hybridized carbons (Fsp3) is 0.273. The summed E-state index contributed by atoms with van der Waals surface area (Å²) in [7, 11) is 0. The topological polar surface area (TPSA) is 74.9 Å². The van der Waals surface area contributed by atoms with Crippen LogP contribution in [0.2, 0.25) is 0 Å². The minimum Gasteiger partial charge on any atom is -0.454 e. The summed E-state index contributed by atoms with van der Waals surface area (Å²) >= 11 is 0. The highest BCUT2D eigenvalue weighted by atomic mass is 16.7. The Balaban J connectivity index is 1.72. The van der Waals surface area contributed by atoms with Crippen molar-refractivity contribution >= 4 is 22.7 Å². The van der Waals surface area contributed by atoms with Crippen LogP contribution in [0.5, 0.6) is 11.5 Å². The molecule has 0 unspecified atom stereocenters. The van der Waals surface area contributed by atoms with Gasteiger partial charge in [-0.15, -0.1) is 0 Å². The first-order chi connectivity index (χ1) is 17.3. The number of hydrogen-bond donors (Lipinski definition) is 1. The third-order valence-electron chi connectivity index (χ3n) is 5.31. The number of hydrogen-bond acceptors (Lipinski definition) is 4. The molecule has 0 aliphatic carbocycles. The van der Waals surface area contributed by atoms with Gasteiger partial charge in [-0.1, -0.05) is 24.2 Å². The minimum absolute atomic E-state index is 0.0420.